The summed E-state index contributed by atoms with van der Waals surface area (Å²) in [5.74, 6) is 1.14. The Balaban J connectivity index is 1.84. The zero-order valence-corrected chi connectivity index (χ0v) is 14.7. The van der Waals surface area contributed by atoms with Crippen molar-refractivity contribution in [3.8, 4) is 0 Å². The molecular formula is C18H21ClN4O. The van der Waals surface area contributed by atoms with Crippen LogP contribution >= 0.6 is 11.6 Å². The molecule has 2 aromatic heterocycles. The highest BCUT2D eigenvalue weighted by atomic mass is 35.5. The highest BCUT2D eigenvalue weighted by Gasteiger charge is 2.12. The molecule has 3 rings (SSSR count). The SMILES string of the molecule is Cc1cc2nc(C(C)C)cc(NC[C@@H](O)c3ccc(Cl)cc3)n2n1. The number of aliphatic hydroxyl groups excluding tert-OH is 1. The molecule has 0 spiro atoms. The first-order valence-corrected chi connectivity index (χ1v) is 8.36. The highest BCUT2D eigenvalue weighted by molar-refractivity contribution is 6.30. The number of hydrogen-bond acceptors (Lipinski definition) is 4. The second kappa shape index (κ2) is 6.79. The lowest BCUT2D eigenvalue weighted by Gasteiger charge is -2.15. The van der Waals surface area contributed by atoms with Crippen LogP contribution in [0.15, 0.2) is 36.4 Å². The molecule has 0 aliphatic carbocycles. The van der Waals surface area contributed by atoms with Crippen LogP contribution in [0.1, 0.15) is 42.8 Å². The summed E-state index contributed by atoms with van der Waals surface area (Å²) in [6, 6.07) is 11.1. The predicted molar refractivity (Wildman–Crippen MR) is 96.7 cm³/mol. The smallest absolute Gasteiger partial charge is 0.157 e. The number of aliphatic hydroxyl groups is 1. The quantitative estimate of drug-likeness (QED) is 0.735. The zero-order chi connectivity index (χ0) is 17.3. The first kappa shape index (κ1) is 16.7. The van der Waals surface area contributed by atoms with Crippen molar-refractivity contribution < 1.29 is 5.11 Å². The monoisotopic (exact) mass is 344 g/mol. The van der Waals surface area contributed by atoms with Crippen molar-refractivity contribution in [2.24, 2.45) is 0 Å². The molecule has 0 aliphatic rings. The van der Waals surface area contributed by atoms with E-state index in [0.717, 1.165) is 28.4 Å². The van der Waals surface area contributed by atoms with Gasteiger partial charge in [0.1, 0.15) is 5.82 Å². The number of aromatic nitrogens is 3. The van der Waals surface area contributed by atoms with Gasteiger partial charge >= 0.3 is 0 Å². The van der Waals surface area contributed by atoms with Gasteiger partial charge in [-0.1, -0.05) is 37.6 Å². The van der Waals surface area contributed by atoms with Gasteiger partial charge in [-0.05, 0) is 30.5 Å². The average molecular weight is 345 g/mol. The Kier molecular flexibility index (Phi) is 4.73. The number of halogens is 1. The zero-order valence-electron chi connectivity index (χ0n) is 14.0. The summed E-state index contributed by atoms with van der Waals surface area (Å²) in [5, 5.41) is 18.8. The standard InChI is InChI=1S/C18H21ClN4O/c1-11(2)15-9-17(23-18(21-15)8-12(3)22-23)20-10-16(24)13-4-6-14(19)7-5-13/h4-9,11,16,20,24H,10H2,1-3H3/t16-/m1/s1. The van der Waals surface area contributed by atoms with Crippen molar-refractivity contribution in [1.29, 1.82) is 0 Å². The van der Waals surface area contributed by atoms with E-state index in [0.29, 0.717) is 17.5 Å². The van der Waals surface area contributed by atoms with Crippen molar-refractivity contribution in [2.45, 2.75) is 32.8 Å². The fraction of sp³-hybridized carbons (Fsp3) is 0.333. The Labute approximate surface area is 146 Å². The summed E-state index contributed by atoms with van der Waals surface area (Å²) in [7, 11) is 0. The third-order valence-corrected chi connectivity index (χ3v) is 4.14. The van der Waals surface area contributed by atoms with Crippen LogP contribution in [0.3, 0.4) is 0 Å². The normalized spacial score (nSPS) is 12.8. The summed E-state index contributed by atoms with van der Waals surface area (Å²) in [6.07, 6.45) is -0.635. The molecule has 0 fully saturated rings. The van der Waals surface area contributed by atoms with Gasteiger partial charge in [-0.25, -0.2) is 4.98 Å². The Hall–Kier alpha value is -2.11. The molecular weight excluding hydrogens is 324 g/mol. The van der Waals surface area contributed by atoms with Crippen LogP contribution in [0, 0.1) is 6.92 Å². The third-order valence-electron chi connectivity index (χ3n) is 3.89. The molecule has 6 heteroatoms. The van der Waals surface area contributed by atoms with Gasteiger partial charge in [-0.15, -0.1) is 0 Å². The number of aryl methyl sites for hydroxylation is 1. The molecule has 24 heavy (non-hydrogen) atoms. The fourth-order valence-corrected chi connectivity index (χ4v) is 2.66. The predicted octanol–water partition coefficient (Wildman–Crippen LogP) is 3.96. The molecule has 0 saturated heterocycles. The molecule has 126 valence electrons. The van der Waals surface area contributed by atoms with Gasteiger partial charge in [0, 0.05) is 29.4 Å². The Morgan fingerprint density at radius 1 is 1.21 bits per heavy atom. The third kappa shape index (κ3) is 3.52. The van der Waals surface area contributed by atoms with Gasteiger partial charge in [-0.2, -0.15) is 9.61 Å². The fourth-order valence-electron chi connectivity index (χ4n) is 2.53. The molecule has 0 bridgehead atoms. The van der Waals surface area contributed by atoms with Crippen molar-refractivity contribution in [2.75, 3.05) is 11.9 Å². The molecule has 0 radical (unpaired) electrons. The number of hydrogen-bond donors (Lipinski definition) is 2. The van der Waals surface area contributed by atoms with Gasteiger partial charge in [0.25, 0.3) is 0 Å². The van der Waals surface area contributed by atoms with E-state index in [9.17, 15) is 5.11 Å². The summed E-state index contributed by atoms with van der Waals surface area (Å²) in [6.45, 7) is 6.52. The summed E-state index contributed by atoms with van der Waals surface area (Å²) < 4.78 is 1.77. The van der Waals surface area contributed by atoms with E-state index in [1.54, 1.807) is 16.6 Å². The van der Waals surface area contributed by atoms with Gasteiger partial charge in [0.05, 0.1) is 11.8 Å². The maximum atomic E-state index is 10.4. The second-order valence-corrected chi connectivity index (χ2v) is 6.66. The van der Waals surface area contributed by atoms with Gasteiger partial charge in [-0.3, -0.25) is 0 Å². The Morgan fingerprint density at radius 3 is 2.58 bits per heavy atom. The van der Waals surface area contributed by atoms with E-state index in [2.05, 4.69) is 29.2 Å². The minimum Gasteiger partial charge on any atom is -0.387 e. The molecule has 1 atom stereocenters. The molecule has 0 saturated carbocycles. The largest absolute Gasteiger partial charge is 0.387 e. The Morgan fingerprint density at radius 2 is 1.92 bits per heavy atom. The number of rotatable bonds is 5. The maximum Gasteiger partial charge on any atom is 0.157 e. The first-order chi connectivity index (χ1) is 11.4. The number of nitrogens with zero attached hydrogens (tertiary/aromatic N) is 3. The minimum absolute atomic E-state index is 0.312. The summed E-state index contributed by atoms with van der Waals surface area (Å²) >= 11 is 5.89. The lowest BCUT2D eigenvalue weighted by atomic mass is 10.1. The molecule has 2 heterocycles. The number of benzene rings is 1. The topological polar surface area (TPSA) is 62.5 Å². The lowest BCUT2D eigenvalue weighted by molar-refractivity contribution is 0.191. The minimum atomic E-state index is -0.635. The lowest BCUT2D eigenvalue weighted by Crippen LogP contribution is -2.15. The van der Waals surface area contributed by atoms with Crippen molar-refractivity contribution >= 4 is 23.1 Å². The number of fused-ring (bicyclic) bond motifs is 1. The molecule has 0 aliphatic heterocycles. The van der Waals surface area contributed by atoms with E-state index in [1.165, 1.54) is 0 Å². The van der Waals surface area contributed by atoms with E-state index >= 15 is 0 Å². The van der Waals surface area contributed by atoms with Gasteiger partial charge in [0.15, 0.2) is 5.65 Å². The van der Waals surface area contributed by atoms with Crippen LogP contribution in [-0.2, 0) is 0 Å². The van der Waals surface area contributed by atoms with E-state index in [4.69, 9.17) is 11.6 Å². The van der Waals surface area contributed by atoms with E-state index < -0.39 is 6.10 Å². The van der Waals surface area contributed by atoms with Crippen LogP contribution in [0.25, 0.3) is 5.65 Å². The summed E-state index contributed by atoms with van der Waals surface area (Å²) in [5.41, 5.74) is 3.52. The van der Waals surface area contributed by atoms with Crippen molar-refractivity contribution in [3.05, 3.63) is 58.4 Å². The maximum absolute atomic E-state index is 10.4. The molecule has 1 aromatic carbocycles. The molecule has 0 amide bonds. The molecule has 2 N–H and O–H groups in total. The summed E-state index contributed by atoms with van der Waals surface area (Å²) in [4.78, 5) is 4.63. The van der Waals surface area contributed by atoms with Crippen LogP contribution < -0.4 is 5.32 Å². The van der Waals surface area contributed by atoms with Crippen LogP contribution in [0.4, 0.5) is 5.82 Å². The van der Waals surface area contributed by atoms with Crippen LogP contribution in [0.5, 0.6) is 0 Å². The van der Waals surface area contributed by atoms with Gasteiger partial charge in [0.2, 0.25) is 0 Å². The average Bonchev–Trinajstić information content (AvgIpc) is 2.93. The first-order valence-electron chi connectivity index (χ1n) is 7.99. The number of anilines is 1. The van der Waals surface area contributed by atoms with Crippen LogP contribution in [0.2, 0.25) is 5.02 Å². The van der Waals surface area contributed by atoms with Crippen molar-refractivity contribution in [1.82, 2.24) is 14.6 Å². The van der Waals surface area contributed by atoms with Crippen LogP contribution in [-0.4, -0.2) is 26.2 Å². The van der Waals surface area contributed by atoms with Gasteiger partial charge < -0.3 is 10.4 Å². The van der Waals surface area contributed by atoms with E-state index in [-0.39, 0.29) is 0 Å². The molecule has 0 unspecified atom stereocenters. The molecule has 3 aromatic rings. The van der Waals surface area contributed by atoms with E-state index in [1.807, 2.05) is 31.2 Å². The van der Waals surface area contributed by atoms with Crippen molar-refractivity contribution in [3.63, 3.8) is 0 Å². The molecule has 5 nitrogen and oxygen atoms in total. The number of nitrogens with one attached hydrogen (secondary N) is 1. The highest BCUT2D eigenvalue weighted by Crippen LogP contribution is 2.21. The second-order valence-electron chi connectivity index (χ2n) is 6.22. The Bertz CT molecular complexity index is 842.